The molecule has 0 saturated heterocycles. The van der Waals surface area contributed by atoms with Crippen LogP contribution >= 0.6 is 0 Å². The van der Waals surface area contributed by atoms with Crippen molar-refractivity contribution in [1.29, 1.82) is 0 Å². The van der Waals surface area contributed by atoms with Crippen LogP contribution in [-0.2, 0) is 4.79 Å². The molecule has 1 amide bonds. The van der Waals surface area contributed by atoms with E-state index in [9.17, 15) is 4.79 Å². The SMILES string of the molecule is CC1(C(=O)Nc2ncc(-c3cccc4ccccc34)[nH]2)C[C@H]2c3ccccc3[C@@H]1c1cccnc12. The number of carbonyl (C=O) groups excluding carboxylic acids is 1. The summed E-state index contributed by atoms with van der Waals surface area (Å²) >= 11 is 0. The Morgan fingerprint density at radius 1 is 0.914 bits per heavy atom. The molecular weight excluding hydrogens is 432 g/mol. The molecule has 3 aromatic carbocycles. The maximum absolute atomic E-state index is 13.9. The summed E-state index contributed by atoms with van der Waals surface area (Å²) in [6.45, 7) is 2.08. The van der Waals surface area contributed by atoms with Crippen LogP contribution in [0.3, 0.4) is 0 Å². The molecule has 0 radical (unpaired) electrons. The molecule has 0 aliphatic heterocycles. The molecule has 5 aromatic rings. The minimum absolute atomic E-state index is 0.0182. The van der Waals surface area contributed by atoms with Gasteiger partial charge in [0.1, 0.15) is 0 Å². The molecule has 0 spiro atoms. The molecule has 2 N–H and O–H groups in total. The number of carbonyl (C=O) groups is 1. The van der Waals surface area contributed by atoms with Gasteiger partial charge in [-0.15, -0.1) is 0 Å². The number of imidazole rings is 1. The summed E-state index contributed by atoms with van der Waals surface area (Å²) in [7, 11) is 0. The van der Waals surface area contributed by atoms with Gasteiger partial charge in [0.25, 0.3) is 0 Å². The first-order valence-electron chi connectivity index (χ1n) is 12.0. The highest BCUT2D eigenvalue weighted by Gasteiger charge is 2.54. The Kier molecular flexibility index (Phi) is 4.25. The number of aromatic nitrogens is 3. The van der Waals surface area contributed by atoms with Crippen molar-refractivity contribution in [1.82, 2.24) is 15.0 Å². The fourth-order valence-electron chi connectivity index (χ4n) is 6.26. The molecule has 8 rings (SSSR count). The third-order valence-corrected chi connectivity index (χ3v) is 7.87. The van der Waals surface area contributed by atoms with Gasteiger partial charge in [0, 0.05) is 23.6 Å². The highest BCUT2D eigenvalue weighted by molar-refractivity contribution is 5.98. The van der Waals surface area contributed by atoms with Crippen LogP contribution in [-0.4, -0.2) is 20.9 Å². The zero-order valence-electron chi connectivity index (χ0n) is 19.3. The Morgan fingerprint density at radius 3 is 2.60 bits per heavy atom. The Labute approximate surface area is 203 Å². The molecule has 2 bridgehead atoms. The van der Waals surface area contributed by atoms with E-state index < -0.39 is 5.41 Å². The summed E-state index contributed by atoms with van der Waals surface area (Å²) in [5.41, 5.74) is 6.14. The van der Waals surface area contributed by atoms with Crippen molar-refractivity contribution < 1.29 is 4.79 Å². The molecule has 5 nitrogen and oxygen atoms in total. The van der Waals surface area contributed by atoms with Crippen molar-refractivity contribution in [3.05, 3.63) is 114 Å². The summed E-state index contributed by atoms with van der Waals surface area (Å²) in [4.78, 5) is 26.4. The number of fused-ring (bicyclic) bond motifs is 2. The molecular formula is C30H24N4O. The number of pyridine rings is 1. The van der Waals surface area contributed by atoms with Crippen LogP contribution in [0.1, 0.15) is 47.6 Å². The fourth-order valence-corrected chi connectivity index (χ4v) is 6.26. The number of rotatable bonds is 3. The number of hydrogen-bond acceptors (Lipinski definition) is 3. The predicted molar refractivity (Wildman–Crippen MR) is 137 cm³/mol. The van der Waals surface area contributed by atoms with Crippen LogP contribution in [0.4, 0.5) is 5.95 Å². The van der Waals surface area contributed by atoms with Gasteiger partial charge in [-0.1, -0.05) is 72.8 Å². The maximum Gasteiger partial charge on any atom is 0.233 e. The van der Waals surface area contributed by atoms with Gasteiger partial charge in [0.05, 0.1) is 23.0 Å². The summed E-state index contributed by atoms with van der Waals surface area (Å²) in [5.74, 6) is 0.529. The summed E-state index contributed by atoms with van der Waals surface area (Å²) in [5, 5.41) is 5.43. The third-order valence-electron chi connectivity index (χ3n) is 7.87. The Balaban J connectivity index is 1.24. The average molecular weight is 457 g/mol. The predicted octanol–water partition coefficient (Wildman–Crippen LogP) is 6.25. The molecule has 170 valence electrons. The van der Waals surface area contributed by atoms with E-state index in [0.29, 0.717) is 5.95 Å². The monoisotopic (exact) mass is 456 g/mol. The van der Waals surface area contributed by atoms with E-state index >= 15 is 0 Å². The second kappa shape index (κ2) is 7.37. The largest absolute Gasteiger partial charge is 0.324 e. The first kappa shape index (κ1) is 20.2. The van der Waals surface area contributed by atoms with Crippen LogP contribution in [0.15, 0.2) is 91.3 Å². The number of nitrogens with one attached hydrogen (secondary N) is 2. The van der Waals surface area contributed by atoms with Crippen LogP contribution < -0.4 is 5.32 Å². The van der Waals surface area contributed by atoms with Gasteiger partial charge in [-0.3, -0.25) is 15.1 Å². The quantitative estimate of drug-likeness (QED) is 0.337. The molecule has 2 aromatic heterocycles. The minimum Gasteiger partial charge on any atom is -0.324 e. The molecule has 1 unspecified atom stereocenters. The molecule has 5 heteroatoms. The van der Waals surface area contributed by atoms with Crippen molar-refractivity contribution in [3.8, 4) is 11.3 Å². The van der Waals surface area contributed by atoms with Crippen molar-refractivity contribution in [2.75, 3.05) is 5.32 Å². The Hall–Kier alpha value is -4.25. The average Bonchev–Trinajstić information content (AvgIpc) is 3.36. The Morgan fingerprint density at radius 2 is 1.69 bits per heavy atom. The number of hydrogen-bond donors (Lipinski definition) is 2. The van der Waals surface area contributed by atoms with Crippen LogP contribution in [0.2, 0.25) is 0 Å². The fraction of sp³-hybridized carbons (Fsp3) is 0.167. The van der Waals surface area contributed by atoms with E-state index in [-0.39, 0.29) is 17.7 Å². The van der Waals surface area contributed by atoms with Gasteiger partial charge in [-0.05, 0) is 46.9 Å². The lowest BCUT2D eigenvalue weighted by molar-refractivity contribution is -0.126. The third kappa shape index (κ3) is 2.91. The molecule has 0 saturated carbocycles. The van der Waals surface area contributed by atoms with Crippen molar-refractivity contribution in [3.63, 3.8) is 0 Å². The van der Waals surface area contributed by atoms with Gasteiger partial charge >= 0.3 is 0 Å². The van der Waals surface area contributed by atoms with E-state index in [2.05, 4.69) is 76.8 Å². The molecule has 35 heavy (non-hydrogen) atoms. The molecule has 3 aliphatic rings. The number of nitrogens with zero attached hydrogens (tertiary/aromatic N) is 2. The van der Waals surface area contributed by atoms with Crippen molar-refractivity contribution in [2.45, 2.75) is 25.2 Å². The van der Waals surface area contributed by atoms with E-state index in [1.807, 2.05) is 30.5 Å². The van der Waals surface area contributed by atoms with Gasteiger partial charge in [-0.2, -0.15) is 0 Å². The molecule has 3 aliphatic carbocycles. The van der Waals surface area contributed by atoms with Gasteiger partial charge in [0.2, 0.25) is 11.9 Å². The summed E-state index contributed by atoms with van der Waals surface area (Å²) in [6.07, 6.45) is 4.37. The lowest BCUT2D eigenvalue weighted by Crippen LogP contribution is -2.47. The number of H-pyrrole nitrogens is 1. The van der Waals surface area contributed by atoms with Crippen LogP contribution in [0.25, 0.3) is 22.0 Å². The number of aromatic amines is 1. The van der Waals surface area contributed by atoms with E-state index in [1.165, 1.54) is 16.5 Å². The van der Waals surface area contributed by atoms with Crippen molar-refractivity contribution >= 4 is 22.6 Å². The van der Waals surface area contributed by atoms with E-state index in [0.717, 1.165) is 34.3 Å². The number of amides is 1. The lowest BCUT2D eigenvalue weighted by atomic mass is 9.53. The minimum atomic E-state index is -0.610. The van der Waals surface area contributed by atoms with Crippen LogP contribution in [0, 0.1) is 5.41 Å². The first-order chi connectivity index (χ1) is 17.1. The van der Waals surface area contributed by atoms with Crippen molar-refractivity contribution in [2.24, 2.45) is 5.41 Å². The highest BCUT2D eigenvalue weighted by Crippen LogP contribution is 2.60. The summed E-state index contributed by atoms with van der Waals surface area (Å²) < 4.78 is 0. The second-order valence-corrected chi connectivity index (χ2v) is 9.84. The highest BCUT2D eigenvalue weighted by atomic mass is 16.2. The van der Waals surface area contributed by atoms with Gasteiger partial charge in [0.15, 0.2) is 0 Å². The Bertz CT molecular complexity index is 1570. The smallest absolute Gasteiger partial charge is 0.233 e. The normalized spacial score (nSPS) is 22.0. The number of benzene rings is 3. The maximum atomic E-state index is 13.9. The zero-order valence-corrected chi connectivity index (χ0v) is 19.3. The topological polar surface area (TPSA) is 70.7 Å². The zero-order chi connectivity index (χ0) is 23.6. The number of anilines is 1. The summed E-state index contributed by atoms with van der Waals surface area (Å²) in [6, 6.07) is 27.1. The first-order valence-corrected chi connectivity index (χ1v) is 12.0. The molecule has 3 atom stereocenters. The van der Waals surface area contributed by atoms with Gasteiger partial charge in [-0.25, -0.2) is 4.98 Å². The second-order valence-electron chi connectivity index (χ2n) is 9.84. The van der Waals surface area contributed by atoms with E-state index in [4.69, 9.17) is 4.98 Å². The van der Waals surface area contributed by atoms with E-state index in [1.54, 1.807) is 6.20 Å². The van der Waals surface area contributed by atoms with Crippen LogP contribution in [0.5, 0.6) is 0 Å². The lowest BCUT2D eigenvalue weighted by Gasteiger charge is -2.50. The molecule has 0 fully saturated rings. The molecule has 2 heterocycles. The van der Waals surface area contributed by atoms with Gasteiger partial charge < -0.3 is 4.98 Å². The standard InChI is InChI=1S/C30H24N4O/c1-30(16-24-20-11-4-5-12-22(20)26(30)23-14-7-15-31-27(23)24)28(35)34-29-32-17-25(33-29)21-13-6-9-18-8-2-3-10-19(18)21/h2-15,17,24,26H,16H2,1H3,(H2,32,33,34,35)/t24-,26+,30?/m0/s1.